The molecule has 1 heterocycles. The number of hydrogen-bond donors (Lipinski definition) is 1. The lowest BCUT2D eigenvalue weighted by Gasteiger charge is -2.45. The Hall–Kier alpha value is -3.18. The van der Waals surface area contributed by atoms with Crippen LogP contribution < -0.4 is 0 Å². The average Bonchev–Trinajstić information content (AvgIpc) is 3.27. The summed E-state index contributed by atoms with van der Waals surface area (Å²) in [5.74, 6) is -0.702. The SMILES string of the molecule is CC(=O)C1=C(N(Cc2ccccc2)Cc2ccccc2)C(O)(C2=CCCO2)C1=O. The first-order valence-electron chi connectivity index (χ1n) is 9.71. The monoisotopic (exact) mass is 389 g/mol. The van der Waals surface area contributed by atoms with Crippen molar-refractivity contribution in [1.29, 1.82) is 0 Å². The van der Waals surface area contributed by atoms with E-state index in [1.165, 1.54) is 6.92 Å². The maximum absolute atomic E-state index is 12.9. The van der Waals surface area contributed by atoms with Gasteiger partial charge in [0.1, 0.15) is 5.76 Å². The van der Waals surface area contributed by atoms with Crippen LogP contribution in [0.25, 0.3) is 0 Å². The number of aliphatic hydroxyl groups is 1. The first-order chi connectivity index (χ1) is 14.0. The Bertz CT molecular complexity index is 953. The van der Waals surface area contributed by atoms with Crippen LogP contribution in [0.2, 0.25) is 0 Å². The third kappa shape index (κ3) is 3.38. The number of hydrogen-bond acceptors (Lipinski definition) is 5. The third-order valence-corrected chi connectivity index (χ3v) is 5.30. The fourth-order valence-corrected chi connectivity index (χ4v) is 3.95. The number of Topliss-reactive ketones (excluding diaryl/α,β-unsaturated/α-hetero) is 2. The molecule has 0 spiro atoms. The molecule has 4 rings (SSSR count). The summed E-state index contributed by atoms with van der Waals surface area (Å²) in [5, 5.41) is 11.4. The Labute approximate surface area is 169 Å². The molecule has 1 aliphatic carbocycles. The standard InChI is InChI=1S/C24H23NO4/c1-17(26)21-22(24(28,23(21)27)20-13-8-14-29-20)25(15-18-9-4-2-5-10-18)16-19-11-6-3-7-12-19/h2-7,9-13,28H,8,14-16H2,1H3. The van der Waals surface area contributed by atoms with Crippen LogP contribution in [0.1, 0.15) is 24.5 Å². The predicted molar refractivity (Wildman–Crippen MR) is 108 cm³/mol. The predicted octanol–water partition coefficient (Wildman–Crippen LogP) is 3.15. The molecule has 5 nitrogen and oxygen atoms in total. The fourth-order valence-electron chi connectivity index (χ4n) is 3.95. The molecule has 0 amide bonds. The number of ketones is 2. The molecule has 5 heteroatoms. The van der Waals surface area contributed by atoms with E-state index in [4.69, 9.17) is 4.74 Å². The fraction of sp³-hybridized carbons (Fsp3) is 0.250. The highest BCUT2D eigenvalue weighted by Crippen LogP contribution is 2.45. The Morgan fingerprint density at radius 3 is 2.03 bits per heavy atom. The van der Waals surface area contributed by atoms with Gasteiger partial charge in [-0.1, -0.05) is 60.7 Å². The van der Waals surface area contributed by atoms with Crippen molar-refractivity contribution in [2.45, 2.75) is 32.0 Å². The van der Waals surface area contributed by atoms with Gasteiger partial charge < -0.3 is 14.7 Å². The minimum atomic E-state index is -1.90. The zero-order chi connectivity index (χ0) is 20.4. The topological polar surface area (TPSA) is 66.8 Å². The van der Waals surface area contributed by atoms with Crippen LogP contribution in [0.5, 0.6) is 0 Å². The molecule has 1 N–H and O–H groups in total. The second-order valence-electron chi connectivity index (χ2n) is 7.35. The second kappa shape index (κ2) is 7.68. The largest absolute Gasteiger partial charge is 0.494 e. The highest BCUT2D eigenvalue weighted by molar-refractivity contribution is 6.30. The molecule has 0 bridgehead atoms. The molecule has 148 valence electrons. The van der Waals surface area contributed by atoms with Gasteiger partial charge in [-0.3, -0.25) is 9.59 Å². The van der Waals surface area contributed by atoms with Crippen molar-refractivity contribution in [1.82, 2.24) is 4.90 Å². The van der Waals surface area contributed by atoms with Crippen molar-refractivity contribution >= 4 is 11.6 Å². The minimum absolute atomic E-state index is 0.0516. The van der Waals surface area contributed by atoms with Gasteiger partial charge in [0, 0.05) is 19.5 Å². The van der Waals surface area contributed by atoms with Crippen molar-refractivity contribution in [3.63, 3.8) is 0 Å². The minimum Gasteiger partial charge on any atom is -0.494 e. The quantitative estimate of drug-likeness (QED) is 0.737. The Balaban J connectivity index is 1.79. The first-order valence-corrected chi connectivity index (χ1v) is 9.71. The van der Waals surface area contributed by atoms with E-state index in [0.29, 0.717) is 31.8 Å². The van der Waals surface area contributed by atoms with E-state index in [-0.39, 0.29) is 17.1 Å². The van der Waals surface area contributed by atoms with Crippen LogP contribution >= 0.6 is 0 Å². The second-order valence-corrected chi connectivity index (χ2v) is 7.35. The molecule has 0 aromatic heterocycles. The lowest BCUT2D eigenvalue weighted by atomic mass is 9.72. The van der Waals surface area contributed by atoms with Crippen molar-refractivity contribution in [2.75, 3.05) is 6.61 Å². The van der Waals surface area contributed by atoms with Crippen molar-refractivity contribution in [3.8, 4) is 0 Å². The van der Waals surface area contributed by atoms with Crippen molar-refractivity contribution in [2.24, 2.45) is 0 Å². The molecule has 0 radical (unpaired) electrons. The van der Waals surface area contributed by atoms with Gasteiger partial charge in [-0.05, 0) is 24.1 Å². The van der Waals surface area contributed by atoms with E-state index in [1.54, 1.807) is 6.08 Å². The molecule has 1 unspecified atom stereocenters. The molecular formula is C24H23NO4. The molecule has 1 atom stereocenters. The molecule has 0 fully saturated rings. The smallest absolute Gasteiger partial charge is 0.226 e. The van der Waals surface area contributed by atoms with Crippen molar-refractivity contribution in [3.05, 3.63) is 94.9 Å². The van der Waals surface area contributed by atoms with Gasteiger partial charge in [-0.15, -0.1) is 0 Å². The molecule has 2 aromatic rings. The number of benzene rings is 2. The summed E-state index contributed by atoms with van der Waals surface area (Å²) in [5.41, 5.74) is 0.511. The summed E-state index contributed by atoms with van der Waals surface area (Å²) in [6.45, 7) is 2.68. The van der Waals surface area contributed by atoms with E-state index in [9.17, 15) is 14.7 Å². The summed E-state index contributed by atoms with van der Waals surface area (Å²) in [7, 11) is 0. The van der Waals surface area contributed by atoms with E-state index < -0.39 is 11.4 Å². The van der Waals surface area contributed by atoms with Gasteiger partial charge in [0.15, 0.2) is 5.78 Å². The molecule has 0 saturated heterocycles. The third-order valence-electron chi connectivity index (χ3n) is 5.30. The normalized spacial score (nSPS) is 20.8. The molecular weight excluding hydrogens is 366 g/mol. The molecule has 2 aromatic carbocycles. The van der Waals surface area contributed by atoms with E-state index >= 15 is 0 Å². The molecule has 29 heavy (non-hydrogen) atoms. The van der Waals surface area contributed by atoms with Gasteiger partial charge in [-0.25, -0.2) is 0 Å². The number of rotatable bonds is 7. The van der Waals surface area contributed by atoms with Crippen LogP contribution in [0, 0.1) is 0 Å². The molecule has 0 saturated carbocycles. The average molecular weight is 389 g/mol. The maximum atomic E-state index is 12.9. The van der Waals surface area contributed by atoms with E-state index in [0.717, 1.165) is 11.1 Å². The van der Waals surface area contributed by atoms with Crippen LogP contribution in [-0.4, -0.2) is 33.8 Å². The Morgan fingerprint density at radius 1 is 1.03 bits per heavy atom. The van der Waals surface area contributed by atoms with Gasteiger partial charge in [0.25, 0.3) is 0 Å². The summed E-state index contributed by atoms with van der Waals surface area (Å²) in [4.78, 5) is 27.0. The zero-order valence-corrected chi connectivity index (χ0v) is 16.3. The van der Waals surface area contributed by atoms with Crippen LogP contribution in [0.15, 0.2) is 83.8 Å². The van der Waals surface area contributed by atoms with Crippen LogP contribution in [0.3, 0.4) is 0 Å². The number of nitrogens with zero attached hydrogens (tertiary/aromatic N) is 1. The van der Waals surface area contributed by atoms with Crippen LogP contribution in [0.4, 0.5) is 0 Å². The summed E-state index contributed by atoms with van der Waals surface area (Å²) in [6.07, 6.45) is 2.36. The summed E-state index contributed by atoms with van der Waals surface area (Å²) in [6, 6.07) is 19.6. The first kappa shape index (κ1) is 19.2. The van der Waals surface area contributed by atoms with Gasteiger partial charge in [0.05, 0.1) is 17.9 Å². The van der Waals surface area contributed by atoms with E-state index in [1.807, 2.05) is 65.6 Å². The summed E-state index contributed by atoms with van der Waals surface area (Å²) >= 11 is 0. The van der Waals surface area contributed by atoms with Gasteiger partial charge in [-0.2, -0.15) is 0 Å². The Morgan fingerprint density at radius 2 is 1.59 bits per heavy atom. The lowest BCUT2D eigenvalue weighted by molar-refractivity contribution is -0.139. The Kier molecular flexibility index (Phi) is 5.07. The number of carbonyl (C=O) groups is 2. The highest BCUT2D eigenvalue weighted by atomic mass is 16.5. The zero-order valence-electron chi connectivity index (χ0n) is 16.3. The number of ether oxygens (including phenoxy) is 1. The van der Waals surface area contributed by atoms with Crippen molar-refractivity contribution < 1.29 is 19.4 Å². The molecule has 1 aliphatic heterocycles. The van der Waals surface area contributed by atoms with Gasteiger partial charge in [0.2, 0.25) is 11.4 Å². The van der Waals surface area contributed by atoms with Gasteiger partial charge >= 0.3 is 0 Å². The lowest BCUT2D eigenvalue weighted by Crippen LogP contribution is -2.58. The molecule has 2 aliphatic rings. The number of carbonyl (C=O) groups excluding carboxylic acids is 2. The van der Waals surface area contributed by atoms with Crippen LogP contribution in [-0.2, 0) is 27.4 Å². The van der Waals surface area contributed by atoms with E-state index in [2.05, 4.69) is 0 Å². The maximum Gasteiger partial charge on any atom is 0.226 e. The summed E-state index contributed by atoms with van der Waals surface area (Å²) < 4.78 is 5.56. The highest BCUT2D eigenvalue weighted by Gasteiger charge is 2.60.